The fraction of sp³-hybridized carbons (Fsp3) is 0.538. The quantitative estimate of drug-likeness (QED) is 0.867. The Bertz CT molecular complexity index is 562. The first kappa shape index (κ1) is 12.1. The number of rotatable bonds is 2. The Balaban J connectivity index is 1.92. The van der Waals surface area contributed by atoms with Crippen LogP contribution in [0.15, 0.2) is 23.1 Å². The molecule has 1 aliphatic carbocycles. The highest BCUT2D eigenvalue weighted by Crippen LogP contribution is 2.27. The summed E-state index contributed by atoms with van der Waals surface area (Å²) >= 11 is 0. The summed E-state index contributed by atoms with van der Waals surface area (Å²) in [5.41, 5.74) is 2.45. The molecule has 0 atom stereocenters. The molecule has 2 aliphatic rings. The van der Waals surface area contributed by atoms with E-state index in [1.54, 1.807) is 6.07 Å². The zero-order valence-corrected chi connectivity index (χ0v) is 11.0. The predicted molar refractivity (Wildman–Crippen MR) is 67.8 cm³/mol. The number of β-amino-alcohol motifs (C(OH)–C–C–N with tert-alkyl or cyclic N) is 1. The largest absolute Gasteiger partial charge is 0.390 e. The number of nitrogens with zero attached hydrogens (tertiary/aromatic N) is 1. The topological polar surface area (TPSA) is 57.6 Å². The van der Waals surface area contributed by atoms with E-state index < -0.39 is 16.1 Å². The van der Waals surface area contributed by atoms with E-state index in [1.165, 1.54) is 21.9 Å². The van der Waals surface area contributed by atoms with Crippen molar-refractivity contribution >= 4 is 10.0 Å². The Kier molecular flexibility index (Phi) is 2.92. The van der Waals surface area contributed by atoms with E-state index in [0.29, 0.717) is 4.90 Å². The number of benzene rings is 1. The van der Waals surface area contributed by atoms with Gasteiger partial charge in [-0.25, -0.2) is 8.42 Å². The molecule has 18 heavy (non-hydrogen) atoms. The van der Waals surface area contributed by atoms with Gasteiger partial charge in [-0.15, -0.1) is 0 Å². The van der Waals surface area contributed by atoms with Gasteiger partial charge in [-0.2, -0.15) is 4.31 Å². The first-order valence-electron chi connectivity index (χ1n) is 6.37. The molecule has 1 N–H and O–H groups in total. The lowest BCUT2D eigenvalue weighted by molar-refractivity contribution is 0.0548. The summed E-state index contributed by atoms with van der Waals surface area (Å²) in [6.07, 6.45) is 3.85. The van der Waals surface area contributed by atoms with Crippen molar-refractivity contribution < 1.29 is 13.5 Å². The van der Waals surface area contributed by atoms with Gasteiger partial charge in [0.2, 0.25) is 10.0 Å². The molecule has 1 aromatic rings. The molecule has 1 saturated heterocycles. The monoisotopic (exact) mass is 267 g/mol. The highest BCUT2D eigenvalue weighted by atomic mass is 32.2. The van der Waals surface area contributed by atoms with Crippen molar-refractivity contribution in [1.82, 2.24) is 4.31 Å². The van der Waals surface area contributed by atoms with Crippen LogP contribution in [0.1, 0.15) is 24.0 Å². The predicted octanol–water partition coefficient (Wildman–Crippen LogP) is 0.931. The van der Waals surface area contributed by atoms with Crippen LogP contribution < -0.4 is 0 Å². The van der Waals surface area contributed by atoms with Crippen LogP contribution in [0.3, 0.4) is 0 Å². The SMILES string of the molecule is O=S(=O)(c1ccc2c(c1)CCCC2)N1CC(O)C1. The minimum Gasteiger partial charge on any atom is -0.390 e. The maximum absolute atomic E-state index is 12.3. The van der Waals surface area contributed by atoms with Gasteiger partial charge >= 0.3 is 0 Å². The van der Waals surface area contributed by atoms with Crippen LogP contribution in [-0.2, 0) is 22.9 Å². The third-order valence-electron chi connectivity index (χ3n) is 3.79. The van der Waals surface area contributed by atoms with Crippen LogP contribution in [0.4, 0.5) is 0 Å². The lowest BCUT2D eigenvalue weighted by atomic mass is 9.92. The Morgan fingerprint density at radius 1 is 1.11 bits per heavy atom. The summed E-state index contributed by atoms with van der Waals surface area (Å²) in [5.74, 6) is 0. The Morgan fingerprint density at radius 3 is 2.44 bits per heavy atom. The molecule has 1 aliphatic heterocycles. The number of aliphatic hydroxyl groups excluding tert-OH is 1. The second-order valence-corrected chi connectivity index (χ2v) is 7.05. The third-order valence-corrected chi connectivity index (χ3v) is 5.61. The molecule has 98 valence electrons. The average Bonchev–Trinajstić information content (AvgIpc) is 2.34. The van der Waals surface area contributed by atoms with Crippen molar-refractivity contribution in [3.8, 4) is 0 Å². The average molecular weight is 267 g/mol. The molecule has 5 heteroatoms. The Morgan fingerprint density at radius 2 is 1.78 bits per heavy atom. The highest BCUT2D eigenvalue weighted by molar-refractivity contribution is 7.89. The molecule has 0 radical (unpaired) electrons. The fourth-order valence-electron chi connectivity index (χ4n) is 2.63. The molecular weight excluding hydrogens is 250 g/mol. The first-order chi connectivity index (χ1) is 8.57. The molecule has 0 amide bonds. The minimum absolute atomic E-state index is 0.222. The van der Waals surface area contributed by atoms with Crippen molar-refractivity contribution in [3.63, 3.8) is 0 Å². The smallest absolute Gasteiger partial charge is 0.243 e. The number of fused-ring (bicyclic) bond motifs is 1. The van der Waals surface area contributed by atoms with E-state index in [1.807, 2.05) is 12.1 Å². The molecule has 0 spiro atoms. The van der Waals surface area contributed by atoms with Gasteiger partial charge in [0.1, 0.15) is 0 Å². The van der Waals surface area contributed by atoms with Crippen LogP contribution in [0.2, 0.25) is 0 Å². The molecule has 0 aromatic heterocycles. The number of aryl methyl sites for hydroxylation is 2. The van der Waals surface area contributed by atoms with Crippen LogP contribution >= 0.6 is 0 Å². The molecule has 3 rings (SSSR count). The zero-order chi connectivity index (χ0) is 12.8. The Labute approximate surface area is 107 Å². The summed E-state index contributed by atoms with van der Waals surface area (Å²) in [7, 11) is -3.40. The van der Waals surface area contributed by atoms with Crippen LogP contribution in [0.25, 0.3) is 0 Å². The van der Waals surface area contributed by atoms with E-state index in [2.05, 4.69) is 0 Å². The van der Waals surface area contributed by atoms with Gasteiger partial charge in [0.25, 0.3) is 0 Å². The standard InChI is InChI=1S/C13H17NO3S/c15-12-8-14(9-12)18(16,17)13-6-5-10-3-1-2-4-11(10)7-13/h5-7,12,15H,1-4,8-9H2. The van der Waals surface area contributed by atoms with Gasteiger partial charge in [-0.05, 0) is 48.9 Å². The Hall–Kier alpha value is -0.910. The van der Waals surface area contributed by atoms with Crippen LogP contribution in [-0.4, -0.2) is 37.0 Å². The van der Waals surface area contributed by atoms with E-state index in [9.17, 15) is 13.5 Å². The van der Waals surface area contributed by atoms with E-state index in [0.717, 1.165) is 19.3 Å². The summed E-state index contributed by atoms with van der Waals surface area (Å²) in [6, 6.07) is 5.45. The molecule has 4 nitrogen and oxygen atoms in total. The summed E-state index contributed by atoms with van der Waals surface area (Å²) < 4.78 is 25.9. The van der Waals surface area contributed by atoms with Crippen molar-refractivity contribution in [1.29, 1.82) is 0 Å². The lowest BCUT2D eigenvalue weighted by Crippen LogP contribution is -2.53. The highest BCUT2D eigenvalue weighted by Gasteiger charge is 2.35. The number of hydrogen-bond donors (Lipinski definition) is 1. The van der Waals surface area contributed by atoms with Crippen molar-refractivity contribution in [3.05, 3.63) is 29.3 Å². The molecule has 0 saturated carbocycles. The molecule has 0 unspecified atom stereocenters. The second kappa shape index (κ2) is 4.33. The van der Waals surface area contributed by atoms with E-state index in [4.69, 9.17) is 0 Å². The normalized spacial score (nSPS) is 21.4. The molecule has 0 bridgehead atoms. The van der Waals surface area contributed by atoms with Crippen LogP contribution in [0.5, 0.6) is 0 Å². The van der Waals surface area contributed by atoms with Crippen LogP contribution in [0, 0.1) is 0 Å². The van der Waals surface area contributed by atoms with Crippen molar-refractivity contribution in [2.75, 3.05) is 13.1 Å². The maximum Gasteiger partial charge on any atom is 0.243 e. The second-order valence-electron chi connectivity index (χ2n) is 5.11. The van der Waals surface area contributed by atoms with Gasteiger partial charge in [0, 0.05) is 13.1 Å². The minimum atomic E-state index is -3.40. The molecule has 1 heterocycles. The third kappa shape index (κ3) is 1.96. The lowest BCUT2D eigenvalue weighted by Gasteiger charge is -2.34. The number of aliphatic hydroxyl groups is 1. The molecular formula is C13H17NO3S. The van der Waals surface area contributed by atoms with Gasteiger partial charge in [-0.1, -0.05) is 6.07 Å². The zero-order valence-electron chi connectivity index (χ0n) is 10.2. The van der Waals surface area contributed by atoms with Gasteiger partial charge in [0.15, 0.2) is 0 Å². The van der Waals surface area contributed by atoms with Gasteiger partial charge in [-0.3, -0.25) is 0 Å². The first-order valence-corrected chi connectivity index (χ1v) is 7.81. The number of hydrogen-bond acceptors (Lipinski definition) is 3. The van der Waals surface area contributed by atoms with Crippen molar-refractivity contribution in [2.45, 2.75) is 36.7 Å². The molecule has 1 aromatic carbocycles. The maximum atomic E-state index is 12.3. The summed E-state index contributed by atoms with van der Waals surface area (Å²) in [5, 5.41) is 9.21. The van der Waals surface area contributed by atoms with E-state index >= 15 is 0 Å². The summed E-state index contributed by atoms with van der Waals surface area (Å²) in [6.45, 7) is 0.443. The molecule has 1 fully saturated rings. The van der Waals surface area contributed by atoms with Crippen molar-refractivity contribution in [2.24, 2.45) is 0 Å². The van der Waals surface area contributed by atoms with Gasteiger partial charge in [0.05, 0.1) is 11.0 Å². The van der Waals surface area contributed by atoms with Gasteiger partial charge < -0.3 is 5.11 Å². The summed E-state index contributed by atoms with van der Waals surface area (Å²) in [4.78, 5) is 0.370. The number of sulfonamides is 1. The fourth-order valence-corrected chi connectivity index (χ4v) is 4.20. The van der Waals surface area contributed by atoms with E-state index in [-0.39, 0.29) is 13.1 Å².